The molecule has 0 spiro atoms. The molecule has 0 radical (unpaired) electrons. The summed E-state index contributed by atoms with van der Waals surface area (Å²) in [5.41, 5.74) is 2.34. The second-order valence-electron chi connectivity index (χ2n) is 5.20. The molecule has 3 rings (SSSR count). The maximum Gasteiger partial charge on any atom is 0.261 e. The van der Waals surface area contributed by atoms with Gasteiger partial charge in [0.15, 0.2) is 0 Å². The van der Waals surface area contributed by atoms with Crippen LogP contribution in [0.1, 0.15) is 15.9 Å². The first kappa shape index (κ1) is 15.6. The van der Waals surface area contributed by atoms with E-state index in [1.54, 1.807) is 24.3 Å². The number of hydrogen-bond donors (Lipinski definition) is 1. The van der Waals surface area contributed by atoms with Crippen molar-refractivity contribution in [2.75, 3.05) is 17.3 Å². The summed E-state index contributed by atoms with van der Waals surface area (Å²) in [6, 6.07) is 13.3. The highest BCUT2D eigenvalue weighted by molar-refractivity contribution is 6.05. The fraction of sp³-hybridized carbons (Fsp3) is 0.111. The van der Waals surface area contributed by atoms with Crippen LogP contribution in [0.4, 0.5) is 11.6 Å². The summed E-state index contributed by atoms with van der Waals surface area (Å²) in [5.74, 6) is 0.326. The van der Waals surface area contributed by atoms with Crippen molar-refractivity contribution >= 4 is 17.5 Å². The monoisotopic (exact) mass is 319 g/mol. The molecule has 120 valence electrons. The molecule has 0 saturated carbocycles. The highest BCUT2D eigenvalue weighted by Crippen LogP contribution is 2.14. The summed E-state index contributed by atoms with van der Waals surface area (Å²) in [4.78, 5) is 26.4. The van der Waals surface area contributed by atoms with E-state index in [0.717, 1.165) is 11.3 Å². The summed E-state index contributed by atoms with van der Waals surface area (Å²) in [6.45, 7) is 0.597. The zero-order valence-corrected chi connectivity index (χ0v) is 13.3. The van der Waals surface area contributed by atoms with Gasteiger partial charge in [0.25, 0.3) is 5.91 Å². The summed E-state index contributed by atoms with van der Waals surface area (Å²) in [5, 5.41) is 3.11. The van der Waals surface area contributed by atoms with E-state index >= 15 is 0 Å². The van der Waals surface area contributed by atoms with Crippen molar-refractivity contribution in [3.05, 3.63) is 78.4 Å². The first-order chi connectivity index (χ1) is 11.7. The van der Waals surface area contributed by atoms with Crippen LogP contribution in [0, 0.1) is 0 Å². The van der Waals surface area contributed by atoms with E-state index in [2.05, 4.69) is 20.3 Å². The quantitative estimate of drug-likeness (QED) is 0.783. The van der Waals surface area contributed by atoms with E-state index in [1.165, 1.54) is 12.4 Å². The van der Waals surface area contributed by atoms with Gasteiger partial charge in [-0.1, -0.05) is 18.2 Å². The molecule has 0 aliphatic rings. The maximum absolute atomic E-state index is 12.5. The van der Waals surface area contributed by atoms with E-state index in [9.17, 15) is 4.79 Å². The molecule has 1 aromatic carbocycles. The largest absolute Gasteiger partial charge is 0.350 e. The van der Waals surface area contributed by atoms with Gasteiger partial charge in [0.1, 0.15) is 0 Å². The molecule has 0 saturated heterocycles. The van der Waals surface area contributed by atoms with Crippen LogP contribution >= 0.6 is 0 Å². The van der Waals surface area contributed by atoms with Gasteiger partial charge in [-0.25, -0.2) is 9.97 Å². The zero-order valence-electron chi connectivity index (χ0n) is 13.3. The molecule has 2 heterocycles. The van der Waals surface area contributed by atoms with Gasteiger partial charge >= 0.3 is 0 Å². The second-order valence-corrected chi connectivity index (χ2v) is 5.20. The number of nitrogens with zero attached hydrogens (tertiary/aromatic N) is 4. The topological polar surface area (TPSA) is 71.0 Å². The van der Waals surface area contributed by atoms with Gasteiger partial charge in [-0.2, -0.15) is 0 Å². The lowest BCUT2D eigenvalue weighted by Gasteiger charge is -2.17. The van der Waals surface area contributed by atoms with Crippen LogP contribution in [-0.2, 0) is 6.54 Å². The summed E-state index contributed by atoms with van der Waals surface area (Å²) >= 11 is 0. The lowest BCUT2D eigenvalue weighted by atomic mass is 10.2. The average Bonchev–Trinajstić information content (AvgIpc) is 2.67. The van der Waals surface area contributed by atoms with Crippen LogP contribution in [0.25, 0.3) is 0 Å². The Morgan fingerprint density at radius 1 is 1.04 bits per heavy atom. The Balaban J connectivity index is 1.64. The number of rotatable bonds is 5. The molecule has 0 aliphatic heterocycles. The number of carbonyl (C=O) groups excluding carboxylic acids is 1. The smallest absolute Gasteiger partial charge is 0.261 e. The van der Waals surface area contributed by atoms with Gasteiger partial charge in [-0.3, -0.25) is 9.78 Å². The van der Waals surface area contributed by atoms with Gasteiger partial charge in [0, 0.05) is 44.1 Å². The van der Waals surface area contributed by atoms with Crippen molar-refractivity contribution in [3.8, 4) is 0 Å². The molecular formula is C18H17N5O. The molecule has 3 aromatic rings. The van der Waals surface area contributed by atoms with Gasteiger partial charge in [0.05, 0.1) is 5.56 Å². The van der Waals surface area contributed by atoms with Crippen LogP contribution < -0.4 is 10.2 Å². The number of hydrogen-bond acceptors (Lipinski definition) is 5. The third kappa shape index (κ3) is 3.73. The van der Waals surface area contributed by atoms with Crippen molar-refractivity contribution < 1.29 is 4.79 Å². The predicted molar refractivity (Wildman–Crippen MR) is 92.8 cm³/mol. The van der Waals surface area contributed by atoms with E-state index in [1.807, 2.05) is 42.5 Å². The average molecular weight is 319 g/mol. The second kappa shape index (κ2) is 7.32. The van der Waals surface area contributed by atoms with Gasteiger partial charge in [-0.15, -0.1) is 0 Å². The molecule has 6 heteroatoms. The van der Waals surface area contributed by atoms with Crippen molar-refractivity contribution in [2.24, 2.45) is 0 Å². The molecule has 6 nitrogen and oxygen atoms in total. The number of carbonyl (C=O) groups is 1. The van der Waals surface area contributed by atoms with Crippen molar-refractivity contribution in [3.63, 3.8) is 0 Å². The Labute approximate surface area is 140 Å². The highest BCUT2D eigenvalue weighted by atomic mass is 16.2. The minimum atomic E-state index is -0.151. The Hall–Kier alpha value is -3.28. The molecular weight excluding hydrogens is 302 g/mol. The summed E-state index contributed by atoms with van der Waals surface area (Å²) < 4.78 is 0. The number of anilines is 2. The Bertz CT molecular complexity index is 791. The highest BCUT2D eigenvalue weighted by Gasteiger charge is 2.14. The molecule has 0 bridgehead atoms. The Morgan fingerprint density at radius 2 is 1.71 bits per heavy atom. The number of para-hydroxylation sites is 1. The minimum Gasteiger partial charge on any atom is -0.350 e. The number of benzene rings is 1. The van der Waals surface area contributed by atoms with Crippen LogP contribution in [0.15, 0.2) is 67.3 Å². The maximum atomic E-state index is 12.5. The molecule has 0 aliphatic carbocycles. The third-order valence-electron chi connectivity index (χ3n) is 3.55. The number of aromatic nitrogens is 3. The molecule has 24 heavy (non-hydrogen) atoms. The van der Waals surface area contributed by atoms with E-state index in [-0.39, 0.29) is 5.91 Å². The van der Waals surface area contributed by atoms with E-state index < -0.39 is 0 Å². The molecule has 1 N–H and O–H groups in total. The first-order valence-corrected chi connectivity index (χ1v) is 7.52. The lowest BCUT2D eigenvalue weighted by molar-refractivity contribution is 0.0992. The third-order valence-corrected chi connectivity index (χ3v) is 3.55. The van der Waals surface area contributed by atoms with E-state index in [4.69, 9.17) is 0 Å². The number of amides is 1. The molecule has 0 fully saturated rings. The molecule has 2 aromatic heterocycles. The van der Waals surface area contributed by atoms with Gasteiger partial charge < -0.3 is 10.2 Å². The van der Waals surface area contributed by atoms with Crippen molar-refractivity contribution in [2.45, 2.75) is 6.54 Å². The lowest BCUT2D eigenvalue weighted by Crippen LogP contribution is -2.26. The minimum absolute atomic E-state index is 0.151. The van der Waals surface area contributed by atoms with Crippen LogP contribution in [0.3, 0.4) is 0 Å². The van der Waals surface area contributed by atoms with E-state index in [0.29, 0.717) is 18.1 Å². The van der Waals surface area contributed by atoms with Crippen LogP contribution in [-0.4, -0.2) is 27.9 Å². The van der Waals surface area contributed by atoms with Crippen LogP contribution in [0.5, 0.6) is 0 Å². The SMILES string of the molecule is CN(C(=O)c1cnc(NCc2ccncc2)nc1)c1ccccc1. The zero-order chi connectivity index (χ0) is 16.8. The van der Waals surface area contributed by atoms with Gasteiger partial charge in [0.2, 0.25) is 5.95 Å². The number of nitrogens with one attached hydrogen (secondary N) is 1. The van der Waals surface area contributed by atoms with Crippen molar-refractivity contribution in [1.82, 2.24) is 15.0 Å². The Kier molecular flexibility index (Phi) is 4.76. The predicted octanol–water partition coefficient (Wildman–Crippen LogP) is 2.76. The summed E-state index contributed by atoms with van der Waals surface area (Å²) in [7, 11) is 1.73. The molecule has 0 unspecified atom stereocenters. The molecule has 1 amide bonds. The van der Waals surface area contributed by atoms with Gasteiger partial charge in [-0.05, 0) is 29.8 Å². The Morgan fingerprint density at radius 3 is 2.38 bits per heavy atom. The fourth-order valence-corrected chi connectivity index (χ4v) is 2.17. The van der Waals surface area contributed by atoms with Crippen molar-refractivity contribution in [1.29, 1.82) is 0 Å². The molecule has 0 atom stereocenters. The standard InChI is InChI=1S/C18H17N5O/c1-23(16-5-3-2-4-6-16)17(24)15-12-21-18(22-13-15)20-11-14-7-9-19-10-8-14/h2-10,12-13H,11H2,1H3,(H,20,21,22). The summed E-state index contributed by atoms with van der Waals surface area (Å²) in [6.07, 6.45) is 6.53. The number of pyridine rings is 1. The fourth-order valence-electron chi connectivity index (χ4n) is 2.17. The van der Waals surface area contributed by atoms with Crippen LogP contribution in [0.2, 0.25) is 0 Å². The normalized spacial score (nSPS) is 10.2. The first-order valence-electron chi connectivity index (χ1n) is 7.52.